The third kappa shape index (κ3) is 7.48. The second-order valence-electron chi connectivity index (χ2n) is 16.0. The minimum absolute atomic E-state index is 0.874. The first-order valence-electron chi connectivity index (χ1n) is 21.8. The standard InChI is InChI=1S/C62H43NO/c1-3-17-46(18-4-1)53-22-8-11-26-57(53)58-27-12-9-23-54(58)49-37-41-52(42-38-49)63(60-29-15-14-25-56(60)47-19-5-2-6-20-47)51-39-35-45(36-40-51)44-31-33-48(34-32-44)55-24-10-13-28-59(55)62-43-50-21-7-16-30-61(50)64-62/h1-43H. The average molecular weight is 818 g/mol. The number of nitrogens with zero attached hydrogens (tertiary/aromatic N) is 1. The Balaban J connectivity index is 0.942. The Morgan fingerprint density at radius 3 is 1.16 bits per heavy atom. The van der Waals surface area contributed by atoms with Gasteiger partial charge in [0.25, 0.3) is 0 Å². The van der Waals surface area contributed by atoms with Crippen molar-refractivity contribution in [2.24, 2.45) is 0 Å². The first-order chi connectivity index (χ1) is 31.7. The van der Waals surface area contributed by atoms with Crippen molar-refractivity contribution in [3.8, 4) is 78.1 Å². The zero-order chi connectivity index (χ0) is 42.7. The van der Waals surface area contributed by atoms with E-state index in [2.05, 4.69) is 248 Å². The first-order valence-corrected chi connectivity index (χ1v) is 21.8. The number of anilines is 3. The lowest BCUT2D eigenvalue weighted by molar-refractivity contribution is 0.632. The summed E-state index contributed by atoms with van der Waals surface area (Å²) in [5, 5.41) is 1.10. The highest BCUT2D eigenvalue weighted by Gasteiger charge is 2.19. The lowest BCUT2D eigenvalue weighted by Crippen LogP contribution is -2.11. The number of furan rings is 1. The summed E-state index contributed by atoms with van der Waals surface area (Å²) >= 11 is 0. The molecule has 0 fully saturated rings. The predicted octanol–water partition coefficient (Wildman–Crippen LogP) is 17.6. The molecule has 0 unspecified atom stereocenters. The Morgan fingerprint density at radius 1 is 0.250 bits per heavy atom. The largest absolute Gasteiger partial charge is 0.456 e. The third-order valence-corrected chi connectivity index (χ3v) is 12.2. The lowest BCUT2D eigenvalue weighted by atomic mass is 9.89. The molecule has 0 spiro atoms. The predicted molar refractivity (Wildman–Crippen MR) is 269 cm³/mol. The van der Waals surface area contributed by atoms with Crippen molar-refractivity contribution in [2.75, 3.05) is 4.90 Å². The normalized spacial score (nSPS) is 11.1. The third-order valence-electron chi connectivity index (χ3n) is 12.2. The molecule has 0 N–H and O–H groups in total. The van der Waals surface area contributed by atoms with Crippen molar-refractivity contribution in [3.63, 3.8) is 0 Å². The van der Waals surface area contributed by atoms with Gasteiger partial charge in [-0.3, -0.25) is 0 Å². The van der Waals surface area contributed by atoms with Gasteiger partial charge >= 0.3 is 0 Å². The molecule has 0 bridgehead atoms. The molecule has 0 atom stereocenters. The summed E-state index contributed by atoms with van der Waals surface area (Å²) in [6.07, 6.45) is 0. The van der Waals surface area contributed by atoms with Gasteiger partial charge in [-0.25, -0.2) is 0 Å². The van der Waals surface area contributed by atoms with Crippen LogP contribution in [0.1, 0.15) is 0 Å². The van der Waals surface area contributed by atoms with Crippen molar-refractivity contribution >= 4 is 28.0 Å². The molecule has 1 aromatic heterocycles. The van der Waals surface area contributed by atoms with Crippen LogP contribution in [0.2, 0.25) is 0 Å². The molecule has 10 aromatic carbocycles. The van der Waals surface area contributed by atoms with Gasteiger partial charge in [0.1, 0.15) is 11.3 Å². The highest BCUT2D eigenvalue weighted by molar-refractivity contribution is 5.94. The fourth-order valence-electron chi connectivity index (χ4n) is 9.01. The van der Waals surface area contributed by atoms with E-state index in [1.165, 1.54) is 33.4 Å². The zero-order valence-corrected chi connectivity index (χ0v) is 35.2. The summed E-state index contributed by atoms with van der Waals surface area (Å²) in [7, 11) is 0. The van der Waals surface area contributed by atoms with Crippen molar-refractivity contribution in [3.05, 3.63) is 261 Å². The Kier molecular flexibility index (Phi) is 10.3. The van der Waals surface area contributed by atoms with Gasteiger partial charge in [0.05, 0.1) is 5.69 Å². The van der Waals surface area contributed by atoms with Crippen molar-refractivity contribution in [1.29, 1.82) is 0 Å². The highest BCUT2D eigenvalue weighted by Crippen LogP contribution is 2.44. The van der Waals surface area contributed by atoms with E-state index in [9.17, 15) is 0 Å². The molecule has 64 heavy (non-hydrogen) atoms. The fraction of sp³-hybridized carbons (Fsp3) is 0. The van der Waals surface area contributed by atoms with Crippen LogP contribution in [0.4, 0.5) is 17.1 Å². The van der Waals surface area contributed by atoms with Gasteiger partial charge < -0.3 is 9.32 Å². The molecule has 0 aliphatic rings. The molecule has 302 valence electrons. The molecule has 1 heterocycles. The molecule has 0 amide bonds. The van der Waals surface area contributed by atoms with Crippen LogP contribution in [0.15, 0.2) is 265 Å². The Labute approximate surface area is 374 Å². The van der Waals surface area contributed by atoms with Gasteiger partial charge in [-0.1, -0.05) is 218 Å². The molecule has 0 radical (unpaired) electrons. The summed E-state index contributed by atoms with van der Waals surface area (Å²) in [5.41, 5.74) is 19.4. The monoisotopic (exact) mass is 817 g/mol. The smallest absolute Gasteiger partial charge is 0.136 e. The van der Waals surface area contributed by atoms with E-state index in [1.54, 1.807) is 0 Å². The van der Waals surface area contributed by atoms with Crippen LogP contribution in [0.25, 0.3) is 89.1 Å². The quantitative estimate of drug-likeness (QED) is 0.137. The van der Waals surface area contributed by atoms with Crippen LogP contribution in [0, 0.1) is 0 Å². The Hall–Kier alpha value is -8.46. The molecule has 0 aliphatic heterocycles. The van der Waals surface area contributed by atoms with E-state index in [4.69, 9.17) is 4.42 Å². The van der Waals surface area contributed by atoms with Crippen LogP contribution in [0.3, 0.4) is 0 Å². The molecule has 11 aromatic rings. The van der Waals surface area contributed by atoms with Gasteiger partial charge in [0, 0.05) is 27.9 Å². The molecule has 0 saturated heterocycles. The van der Waals surface area contributed by atoms with Crippen LogP contribution in [-0.2, 0) is 0 Å². The Morgan fingerprint density at radius 2 is 0.609 bits per heavy atom. The second kappa shape index (κ2) is 17.1. The van der Waals surface area contributed by atoms with Gasteiger partial charge in [-0.2, -0.15) is 0 Å². The summed E-state index contributed by atoms with van der Waals surface area (Å²) in [4.78, 5) is 2.38. The average Bonchev–Trinajstić information content (AvgIpc) is 3.82. The van der Waals surface area contributed by atoms with Crippen molar-refractivity contribution in [1.82, 2.24) is 0 Å². The van der Waals surface area contributed by atoms with E-state index in [0.717, 1.165) is 72.7 Å². The molecule has 0 aliphatic carbocycles. The highest BCUT2D eigenvalue weighted by atomic mass is 16.3. The summed E-state index contributed by atoms with van der Waals surface area (Å²) in [5.74, 6) is 0.874. The van der Waals surface area contributed by atoms with E-state index < -0.39 is 0 Å². The molecular weight excluding hydrogens is 775 g/mol. The maximum absolute atomic E-state index is 6.30. The summed E-state index contributed by atoms with van der Waals surface area (Å²) in [6, 6.07) is 93.1. The molecule has 2 heteroatoms. The fourth-order valence-corrected chi connectivity index (χ4v) is 9.01. The van der Waals surface area contributed by atoms with Crippen molar-refractivity contribution in [2.45, 2.75) is 0 Å². The SMILES string of the molecule is c1ccc(-c2ccccc2-c2ccccc2-c2ccc(N(c3ccc(-c4ccc(-c5ccccc5-c5cc6ccccc6o5)cc4)cc3)c3ccccc3-c3ccccc3)cc2)cc1. The maximum atomic E-state index is 6.30. The molecule has 11 rings (SSSR count). The molecule has 2 nitrogen and oxygen atoms in total. The number of fused-ring (bicyclic) bond motifs is 1. The zero-order valence-electron chi connectivity index (χ0n) is 35.2. The van der Waals surface area contributed by atoms with Gasteiger partial charge in [-0.15, -0.1) is 0 Å². The van der Waals surface area contributed by atoms with E-state index in [1.807, 2.05) is 18.2 Å². The minimum atomic E-state index is 0.874. The second-order valence-corrected chi connectivity index (χ2v) is 16.0. The van der Waals surface area contributed by atoms with Gasteiger partial charge in [0.15, 0.2) is 0 Å². The maximum Gasteiger partial charge on any atom is 0.136 e. The van der Waals surface area contributed by atoms with Crippen LogP contribution in [0.5, 0.6) is 0 Å². The first kappa shape index (κ1) is 38.5. The lowest BCUT2D eigenvalue weighted by Gasteiger charge is -2.28. The summed E-state index contributed by atoms with van der Waals surface area (Å²) in [6.45, 7) is 0. The minimum Gasteiger partial charge on any atom is -0.456 e. The van der Waals surface area contributed by atoms with Crippen molar-refractivity contribution < 1.29 is 4.42 Å². The van der Waals surface area contributed by atoms with Crippen LogP contribution in [-0.4, -0.2) is 0 Å². The number of hydrogen-bond acceptors (Lipinski definition) is 2. The molecule has 0 saturated carbocycles. The number of rotatable bonds is 10. The number of hydrogen-bond donors (Lipinski definition) is 0. The topological polar surface area (TPSA) is 16.4 Å². The van der Waals surface area contributed by atoms with Crippen LogP contribution >= 0.6 is 0 Å². The van der Waals surface area contributed by atoms with E-state index in [-0.39, 0.29) is 0 Å². The van der Waals surface area contributed by atoms with E-state index >= 15 is 0 Å². The number of benzene rings is 10. The van der Waals surface area contributed by atoms with Gasteiger partial charge in [0.2, 0.25) is 0 Å². The summed E-state index contributed by atoms with van der Waals surface area (Å²) < 4.78 is 6.30. The Bertz CT molecular complexity index is 3320. The van der Waals surface area contributed by atoms with Crippen LogP contribution < -0.4 is 4.90 Å². The molecular formula is C62H43NO. The van der Waals surface area contributed by atoms with E-state index in [0.29, 0.717) is 0 Å². The number of para-hydroxylation sites is 2. The van der Waals surface area contributed by atoms with Gasteiger partial charge in [-0.05, 0) is 104 Å².